The van der Waals surface area contributed by atoms with Crippen molar-refractivity contribution in [1.29, 1.82) is 0 Å². The average Bonchev–Trinajstić information content (AvgIpc) is 3.33. The average molecular weight is 290 g/mol. The van der Waals surface area contributed by atoms with Crippen LogP contribution < -0.4 is 15.2 Å². The quantitative estimate of drug-likeness (QED) is 0.875. The van der Waals surface area contributed by atoms with Gasteiger partial charge >= 0.3 is 0 Å². The van der Waals surface area contributed by atoms with Crippen LogP contribution in [0.5, 0.6) is 11.5 Å². The first kappa shape index (κ1) is 14.7. The van der Waals surface area contributed by atoms with Gasteiger partial charge in [-0.1, -0.05) is 13.0 Å². The second-order valence-corrected chi connectivity index (χ2v) is 6.04. The molecule has 1 atom stereocenters. The maximum atomic E-state index is 6.07. The van der Waals surface area contributed by atoms with Crippen molar-refractivity contribution in [2.24, 2.45) is 11.7 Å². The van der Waals surface area contributed by atoms with Gasteiger partial charge in [-0.05, 0) is 43.0 Å². The molecule has 0 saturated heterocycles. The van der Waals surface area contributed by atoms with Gasteiger partial charge in [-0.15, -0.1) is 0 Å². The normalized spacial score (nSPS) is 19.4. The lowest BCUT2D eigenvalue weighted by Crippen LogP contribution is -2.35. The lowest BCUT2D eigenvalue weighted by Gasteiger charge is -2.30. The van der Waals surface area contributed by atoms with Crippen molar-refractivity contribution in [3.63, 3.8) is 0 Å². The molecule has 4 nitrogen and oxygen atoms in total. The molecule has 1 fully saturated rings. The molecule has 3 rings (SSSR count). The predicted octanol–water partition coefficient (Wildman–Crippen LogP) is 2.58. The molecule has 116 valence electrons. The summed E-state index contributed by atoms with van der Waals surface area (Å²) < 4.78 is 11.5. The van der Waals surface area contributed by atoms with Gasteiger partial charge in [0.25, 0.3) is 0 Å². The second kappa shape index (κ2) is 6.67. The van der Waals surface area contributed by atoms with E-state index in [2.05, 4.69) is 24.0 Å². The molecule has 1 aliphatic heterocycles. The third-order valence-electron chi connectivity index (χ3n) is 4.42. The molecule has 0 spiro atoms. The number of benzene rings is 1. The Hall–Kier alpha value is -1.26. The van der Waals surface area contributed by atoms with E-state index in [0.717, 1.165) is 50.1 Å². The summed E-state index contributed by atoms with van der Waals surface area (Å²) in [7, 11) is 0. The van der Waals surface area contributed by atoms with Crippen LogP contribution in [-0.4, -0.2) is 37.7 Å². The Labute approximate surface area is 127 Å². The molecule has 1 aromatic carbocycles. The summed E-state index contributed by atoms with van der Waals surface area (Å²) in [6.07, 6.45) is 3.68. The number of hydrogen-bond acceptors (Lipinski definition) is 4. The van der Waals surface area contributed by atoms with E-state index in [0.29, 0.717) is 6.54 Å². The molecule has 1 aliphatic carbocycles. The summed E-state index contributed by atoms with van der Waals surface area (Å²) in [4.78, 5) is 2.50. The first-order valence-electron chi connectivity index (χ1n) is 8.15. The summed E-state index contributed by atoms with van der Waals surface area (Å²) in [5, 5.41) is 0. The maximum absolute atomic E-state index is 6.07. The standard InChI is InChI=1S/C17H26N2O2/c1-2-19(12-13-4-5-13)15(11-18)14-6-7-16-17(10-14)21-9-3-8-20-16/h6-7,10,13,15H,2-5,8-9,11-12,18H2,1H3. The van der Waals surface area contributed by atoms with Gasteiger partial charge in [0.15, 0.2) is 11.5 Å². The molecule has 1 unspecified atom stereocenters. The van der Waals surface area contributed by atoms with Gasteiger partial charge in [-0.3, -0.25) is 4.90 Å². The monoisotopic (exact) mass is 290 g/mol. The molecule has 0 aromatic heterocycles. The highest BCUT2D eigenvalue weighted by Gasteiger charge is 2.28. The first-order chi connectivity index (χ1) is 10.3. The Bertz CT molecular complexity index is 474. The molecule has 1 saturated carbocycles. The lowest BCUT2D eigenvalue weighted by molar-refractivity contribution is 0.203. The Kier molecular flexibility index (Phi) is 4.66. The predicted molar refractivity (Wildman–Crippen MR) is 83.8 cm³/mol. The molecule has 1 heterocycles. The van der Waals surface area contributed by atoms with Gasteiger partial charge in [0, 0.05) is 25.6 Å². The number of hydrogen-bond donors (Lipinski definition) is 1. The van der Waals surface area contributed by atoms with E-state index in [1.165, 1.54) is 18.4 Å². The van der Waals surface area contributed by atoms with Crippen molar-refractivity contribution >= 4 is 0 Å². The van der Waals surface area contributed by atoms with Crippen LogP contribution in [0, 0.1) is 5.92 Å². The van der Waals surface area contributed by atoms with Crippen molar-refractivity contribution < 1.29 is 9.47 Å². The molecule has 1 aromatic rings. The van der Waals surface area contributed by atoms with Crippen LogP contribution in [0.25, 0.3) is 0 Å². The van der Waals surface area contributed by atoms with Crippen LogP contribution in [0.15, 0.2) is 18.2 Å². The van der Waals surface area contributed by atoms with Crippen molar-refractivity contribution in [2.45, 2.75) is 32.2 Å². The SMILES string of the molecule is CCN(CC1CC1)C(CN)c1ccc2c(c1)OCCCO2. The fourth-order valence-electron chi connectivity index (χ4n) is 2.99. The third kappa shape index (κ3) is 3.50. The second-order valence-electron chi connectivity index (χ2n) is 6.04. The minimum absolute atomic E-state index is 0.271. The van der Waals surface area contributed by atoms with Crippen LogP contribution in [0.1, 0.15) is 37.8 Å². The van der Waals surface area contributed by atoms with Crippen molar-refractivity contribution in [1.82, 2.24) is 4.90 Å². The fourth-order valence-corrected chi connectivity index (χ4v) is 2.99. The molecular weight excluding hydrogens is 264 g/mol. The number of nitrogens with two attached hydrogens (primary N) is 1. The Balaban J connectivity index is 1.80. The summed E-state index contributed by atoms with van der Waals surface area (Å²) in [6, 6.07) is 6.56. The first-order valence-corrected chi connectivity index (χ1v) is 8.15. The van der Waals surface area contributed by atoms with Gasteiger partial charge in [0.2, 0.25) is 0 Å². The molecule has 2 aliphatic rings. The Morgan fingerprint density at radius 2 is 2.00 bits per heavy atom. The molecule has 0 bridgehead atoms. The van der Waals surface area contributed by atoms with Gasteiger partial charge < -0.3 is 15.2 Å². The van der Waals surface area contributed by atoms with Crippen molar-refractivity contribution in [3.8, 4) is 11.5 Å². The van der Waals surface area contributed by atoms with Gasteiger partial charge in [-0.25, -0.2) is 0 Å². The molecule has 2 N–H and O–H groups in total. The molecule has 0 amide bonds. The van der Waals surface area contributed by atoms with Gasteiger partial charge in [0.05, 0.1) is 13.2 Å². The van der Waals surface area contributed by atoms with Crippen LogP contribution >= 0.6 is 0 Å². The van der Waals surface area contributed by atoms with Crippen LogP contribution in [0.3, 0.4) is 0 Å². The highest BCUT2D eigenvalue weighted by Crippen LogP contribution is 2.36. The summed E-state index contributed by atoms with van der Waals surface area (Å²) in [5.41, 5.74) is 7.31. The van der Waals surface area contributed by atoms with Crippen LogP contribution in [0.2, 0.25) is 0 Å². The minimum atomic E-state index is 0.271. The zero-order chi connectivity index (χ0) is 14.7. The smallest absolute Gasteiger partial charge is 0.161 e. The van der Waals surface area contributed by atoms with Crippen molar-refractivity contribution in [2.75, 3.05) is 32.8 Å². The third-order valence-corrected chi connectivity index (χ3v) is 4.42. The van der Waals surface area contributed by atoms with Gasteiger partial charge in [-0.2, -0.15) is 0 Å². The van der Waals surface area contributed by atoms with Crippen LogP contribution in [0.4, 0.5) is 0 Å². The Morgan fingerprint density at radius 3 is 2.67 bits per heavy atom. The molecular formula is C17H26N2O2. The minimum Gasteiger partial charge on any atom is -0.490 e. The van der Waals surface area contributed by atoms with E-state index in [4.69, 9.17) is 15.2 Å². The zero-order valence-corrected chi connectivity index (χ0v) is 12.9. The molecule has 21 heavy (non-hydrogen) atoms. The van der Waals surface area contributed by atoms with Crippen molar-refractivity contribution in [3.05, 3.63) is 23.8 Å². The zero-order valence-electron chi connectivity index (χ0n) is 12.9. The lowest BCUT2D eigenvalue weighted by atomic mass is 10.0. The van der Waals surface area contributed by atoms with E-state index in [1.807, 2.05) is 6.07 Å². The number of fused-ring (bicyclic) bond motifs is 1. The number of nitrogens with zero attached hydrogens (tertiary/aromatic N) is 1. The summed E-state index contributed by atoms with van der Waals surface area (Å²) in [5.74, 6) is 2.60. The summed E-state index contributed by atoms with van der Waals surface area (Å²) in [6.45, 7) is 6.51. The van der Waals surface area contributed by atoms with E-state index in [9.17, 15) is 0 Å². The van der Waals surface area contributed by atoms with E-state index in [1.54, 1.807) is 0 Å². The number of ether oxygens (including phenoxy) is 2. The fraction of sp³-hybridized carbons (Fsp3) is 0.647. The highest BCUT2D eigenvalue weighted by molar-refractivity contribution is 5.44. The van der Waals surface area contributed by atoms with E-state index >= 15 is 0 Å². The Morgan fingerprint density at radius 1 is 1.24 bits per heavy atom. The highest BCUT2D eigenvalue weighted by atomic mass is 16.5. The molecule has 4 heteroatoms. The topological polar surface area (TPSA) is 47.7 Å². The maximum Gasteiger partial charge on any atom is 0.161 e. The largest absolute Gasteiger partial charge is 0.490 e. The summed E-state index contributed by atoms with van der Waals surface area (Å²) >= 11 is 0. The van der Waals surface area contributed by atoms with E-state index in [-0.39, 0.29) is 6.04 Å². The van der Waals surface area contributed by atoms with E-state index < -0.39 is 0 Å². The molecule has 0 radical (unpaired) electrons. The van der Waals surface area contributed by atoms with Crippen LogP contribution in [-0.2, 0) is 0 Å². The van der Waals surface area contributed by atoms with Gasteiger partial charge in [0.1, 0.15) is 0 Å². The number of rotatable bonds is 6. The number of likely N-dealkylation sites (N-methyl/N-ethyl adjacent to an activating group) is 1.